The van der Waals surface area contributed by atoms with Gasteiger partial charge in [-0.1, -0.05) is 0 Å². The van der Waals surface area contributed by atoms with Crippen LogP contribution in [-0.2, 0) is 24.3 Å². The highest BCUT2D eigenvalue weighted by Gasteiger charge is 2.15. The van der Waals surface area contributed by atoms with Crippen LogP contribution in [0, 0.1) is 0 Å². The maximum absolute atomic E-state index is 11.4. The average molecular weight is 252 g/mol. The van der Waals surface area contributed by atoms with Gasteiger partial charge in [0.05, 0.1) is 26.0 Å². The van der Waals surface area contributed by atoms with Crippen molar-refractivity contribution in [3.63, 3.8) is 0 Å². The van der Waals surface area contributed by atoms with E-state index in [4.69, 9.17) is 4.74 Å². The summed E-state index contributed by atoms with van der Waals surface area (Å²) < 4.78 is 7.31. The van der Waals surface area contributed by atoms with Crippen molar-refractivity contribution in [1.29, 1.82) is 0 Å². The molecule has 1 aliphatic heterocycles. The van der Waals surface area contributed by atoms with Crippen molar-refractivity contribution in [2.45, 2.75) is 39.5 Å². The molecule has 1 aromatic heterocycles. The summed E-state index contributed by atoms with van der Waals surface area (Å²) in [6, 6.07) is 0.0222. The van der Waals surface area contributed by atoms with Crippen molar-refractivity contribution in [3.05, 3.63) is 17.5 Å². The highest BCUT2D eigenvalue weighted by molar-refractivity contribution is 5.73. The minimum absolute atomic E-state index is 0.130. The first-order valence-electron chi connectivity index (χ1n) is 6.32. The van der Waals surface area contributed by atoms with Gasteiger partial charge in [0.25, 0.3) is 0 Å². The van der Waals surface area contributed by atoms with Crippen LogP contribution in [0.2, 0.25) is 0 Å². The molecule has 0 bridgehead atoms. The molecule has 0 aromatic carbocycles. The third-order valence-corrected chi connectivity index (χ3v) is 2.80. The van der Waals surface area contributed by atoms with Crippen LogP contribution in [0.4, 0.5) is 4.79 Å². The van der Waals surface area contributed by atoms with Gasteiger partial charge in [0.15, 0.2) is 0 Å². The maximum Gasteiger partial charge on any atom is 0.315 e. The second kappa shape index (κ2) is 5.86. The first-order chi connectivity index (χ1) is 8.66. The zero-order chi connectivity index (χ0) is 13.0. The standard InChI is InChI=1S/C12H20N4O2/c1-9(2)15-12(17)13-4-5-16-11-3-6-18-8-10(11)7-14-16/h7,9H,3-6,8H2,1-2H3,(H2,13,15,17). The van der Waals surface area contributed by atoms with Crippen molar-refractivity contribution in [1.82, 2.24) is 20.4 Å². The summed E-state index contributed by atoms with van der Waals surface area (Å²) in [6.07, 6.45) is 2.75. The van der Waals surface area contributed by atoms with E-state index in [1.807, 2.05) is 24.7 Å². The Morgan fingerprint density at radius 1 is 1.61 bits per heavy atom. The van der Waals surface area contributed by atoms with Gasteiger partial charge in [-0.25, -0.2) is 4.79 Å². The summed E-state index contributed by atoms with van der Waals surface area (Å²) in [5.74, 6) is 0. The molecule has 1 aromatic rings. The van der Waals surface area contributed by atoms with Gasteiger partial charge in [0.2, 0.25) is 0 Å². The van der Waals surface area contributed by atoms with E-state index in [0.29, 0.717) is 19.7 Å². The van der Waals surface area contributed by atoms with Gasteiger partial charge >= 0.3 is 6.03 Å². The Morgan fingerprint density at radius 3 is 3.22 bits per heavy atom. The Kier molecular flexibility index (Phi) is 4.19. The van der Waals surface area contributed by atoms with E-state index in [-0.39, 0.29) is 12.1 Å². The van der Waals surface area contributed by atoms with Crippen LogP contribution in [0.1, 0.15) is 25.1 Å². The molecule has 0 aliphatic carbocycles. The smallest absolute Gasteiger partial charge is 0.315 e. The Morgan fingerprint density at radius 2 is 2.44 bits per heavy atom. The van der Waals surface area contributed by atoms with Crippen molar-refractivity contribution in [2.75, 3.05) is 13.2 Å². The van der Waals surface area contributed by atoms with Gasteiger partial charge in [0, 0.05) is 30.3 Å². The minimum Gasteiger partial charge on any atom is -0.376 e. The minimum atomic E-state index is -0.130. The van der Waals surface area contributed by atoms with E-state index < -0.39 is 0 Å². The summed E-state index contributed by atoms with van der Waals surface area (Å²) in [5, 5.41) is 9.92. The van der Waals surface area contributed by atoms with Gasteiger partial charge in [0.1, 0.15) is 0 Å². The second-order valence-electron chi connectivity index (χ2n) is 4.70. The Balaban J connectivity index is 1.80. The molecule has 1 aliphatic rings. The lowest BCUT2D eigenvalue weighted by Gasteiger charge is -2.15. The normalized spacial score (nSPS) is 14.4. The van der Waals surface area contributed by atoms with Gasteiger partial charge in [-0.3, -0.25) is 4.68 Å². The predicted octanol–water partition coefficient (Wildman–Crippen LogP) is 0.663. The molecule has 0 atom stereocenters. The highest BCUT2D eigenvalue weighted by Crippen LogP contribution is 2.15. The fourth-order valence-corrected chi connectivity index (χ4v) is 1.99. The Labute approximate surface area is 107 Å². The van der Waals surface area contributed by atoms with Crippen LogP contribution in [0.3, 0.4) is 0 Å². The Hall–Kier alpha value is -1.56. The van der Waals surface area contributed by atoms with Gasteiger partial charge in [-0.2, -0.15) is 5.10 Å². The molecule has 0 unspecified atom stereocenters. The molecule has 6 nitrogen and oxygen atoms in total. The molecule has 6 heteroatoms. The van der Waals surface area contributed by atoms with E-state index in [9.17, 15) is 4.79 Å². The van der Waals surface area contributed by atoms with Crippen LogP contribution in [0.25, 0.3) is 0 Å². The summed E-state index contributed by atoms with van der Waals surface area (Å²) in [5.41, 5.74) is 2.39. The number of amides is 2. The lowest BCUT2D eigenvalue weighted by molar-refractivity contribution is 0.109. The molecule has 0 saturated carbocycles. The number of carbonyl (C=O) groups excluding carboxylic acids is 1. The predicted molar refractivity (Wildman–Crippen MR) is 67.3 cm³/mol. The van der Waals surface area contributed by atoms with Gasteiger partial charge in [-0.05, 0) is 13.8 Å². The van der Waals surface area contributed by atoms with Crippen molar-refractivity contribution < 1.29 is 9.53 Å². The summed E-state index contributed by atoms with van der Waals surface area (Å²) >= 11 is 0. The molecule has 2 rings (SSSR count). The third kappa shape index (κ3) is 3.22. The molecule has 100 valence electrons. The lowest BCUT2D eigenvalue weighted by atomic mass is 10.2. The molecular weight excluding hydrogens is 232 g/mol. The zero-order valence-corrected chi connectivity index (χ0v) is 10.9. The van der Waals surface area contributed by atoms with Crippen LogP contribution >= 0.6 is 0 Å². The van der Waals surface area contributed by atoms with Crippen LogP contribution in [-0.4, -0.2) is 35.0 Å². The number of aromatic nitrogens is 2. The number of nitrogens with zero attached hydrogens (tertiary/aromatic N) is 2. The monoisotopic (exact) mass is 252 g/mol. The van der Waals surface area contributed by atoms with Crippen molar-refractivity contribution >= 4 is 6.03 Å². The summed E-state index contributed by atoms with van der Waals surface area (Å²) in [7, 11) is 0. The number of carbonyl (C=O) groups is 1. The molecule has 2 heterocycles. The number of hydrogen-bond acceptors (Lipinski definition) is 3. The van der Waals surface area contributed by atoms with E-state index in [2.05, 4.69) is 15.7 Å². The SMILES string of the molecule is CC(C)NC(=O)NCCn1ncc2c1CCOC2. The molecule has 0 saturated heterocycles. The largest absolute Gasteiger partial charge is 0.376 e. The van der Waals surface area contributed by atoms with E-state index >= 15 is 0 Å². The number of rotatable bonds is 4. The molecule has 2 N–H and O–H groups in total. The van der Waals surface area contributed by atoms with E-state index in [0.717, 1.165) is 18.6 Å². The average Bonchev–Trinajstić information content (AvgIpc) is 2.72. The zero-order valence-electron chi connectivity index (χ0n) is 10.9. The first-order valence-corrected chi connectivity index (χ1v) is 6.32. The fraction of sp³-hybridized carbons (Fsp3) is 0.667. The number of fused-ring (bicyclic) bond motifs is 1. The lowest BCUT2D eigenvalue weighted by Crippen LogP contribution is -2.40. The summed E-state index contributed by atoms with van der Waals surface area (Å²) in [4.78, 5) is 11.4. The Bertz CT molecular complexity index is 414. The number of ether oxygens (including phenoxy) is 1. The molecule has 2 amide bonds. The number of nitrogens with one attached hydrogen (secondary N) is 2. The second-order valence-corrected chi connectivity index (χ2v) is 4.70. The van der Waals surface area contributed by atoms with Crippen molar-refractivity contribution in [2.24, 2.45) is 0 Å². The van der Waals surface area contributed by atoms with E-state index in [1.165, 1.54) is 5.69 Å². The third-order valence-electron chi connectivity index (χ3n) is 2.80. The molecule has 0 radical (unpaired) electrons. The first kappa shape index (κ1) is 12.9. The van der Waals surface area contributed by atoms with Crippen molar-refractivity contribution in [3.8, 4) is 0 Å². The van der Waals surface area contributed by atoms with Crippen LogP contribution < -0.4 is 10.6 Å². The topological polar surface area (TPSA) is 68.2 Å². The quantitative estimate of drug-likeness (QED) is 0.827. The van der Waals surface area contributed by atoms with Crippen LogP contribution in [0.15, 0.2) is 6.20 Å². The fourth-order valence-electron chi connectivity index (χ4n) is 1.99. The maximum atomic E-state index is 11.4. The van der Waals surface area contributed by atoms with Gasteiger partial charge in [-0.15, -0.1) is 0 Å². The molecule has 0 fully saturated rings. The number of urea groups is 1. The highest BCUT2D eigenvalue weighted by atomic mass is 16.5. The number of hydrogen-bond donors (Lipinski definition) is 2. The molecule has 18 heavy (non-hydrogen) atoms. The summed E-state index contributed by atoms with van der Waals surface area (Å²) in [6.45, 7) is 6.54. The van der Waals surface area contributed by atoms with E-state index in [1.54, 1.807) is 0 Å². The van der Waals surface area contributed by atoms with Crippen LogP contribution in [0.5, 0.6) is 0 Å². The molecular formula is C12H20N4O2. The van der Waals surface area contributed by atoms with Gasteiger partial charge < -0.3 is 15.4 Å². The molecule has 0 spiro atoms.